The number of benzene rings is 2. The summed E-state index contributed by atoms with van der Waals surface area (Å²) in [5, 5.41) is 3.45. The lowest BCUT2D eigenvalue weighted by atomic mass is 10.1. The number of amides is 1. The number of para-hydroxylation sites is 1. The van der Waals surface area contributed by atoms with Crippen LogP contribution in [-0.4, -0.2) is 24.0 Å². The van der Waals surface area contributed by atoms with E-state index in [4.69, 9.17) is 16.3 Å². The van der Waals surface area contributed by atoms with Crippen LogP contribution in [0.5, 0.6) is 5.75 Å². The summed E-state index contributed by atoms with van der Waals surface area (Å²) < 4.78 is 19.1. The number of carbonyl (C=O) groups is 1. The standard InChI is InChI=1S/C19H18ClFN2O2/c1-11-4-3-5-12(2)18(11)25-9-8-22-19(24)17-16(20)14-10-13(21)6-7-15(14)23-17/h3-7,10,23H,8-9H2,1-2H3,(H,22,24). The second kappa shape index (κ2) is 7.15. The number of ether oxygens (including phenoxy) is 1. The van der Waals surface area contributed by atoms with Crippen molar-refractivity contribution in [3.8, 4) is 5.75 Å². The highest BCUT2D eigenvalue weighted by atomic mass is 35.5. The molecule has 130 valence electrons. The molecule has 3 aromatic rings. The SMILES string of the molecule is Cc1cccc(C)c1OCCNC(=O)c1[nH]c2ccc(F)cc2c1Cl. The zero-order valence-corrected chi connectivity index (χ0v) is 14.7. The summed E-state index contributed by atoms with van der Waals surface area (Å²) >= 11 is 6.18. The number of aryl methyl sites for hydroxylation is 2. The second-order valence-electron chi connectivity index (χ2n) is 5.83. The van der Waals surface area contributed by atoms with Crippen LogP contribution in [0.25, 0.3) is 10.9 Å². The molecule has 6 heteroatoms. The Bertz CT molecular complexity index is 916. The van der Waals surface area contributed by atoms with Crippen molar-refractivity contribution in [2.75, 3.05) is 13.2 Å². The maximum absolute atomic E-state index is 13.3. The number of rotatable bonds is 5. The predicted molar refractivity (Wildman–Crippen MR) is 97.0 cm³/mol. The van der Waals surface area contributed by atoms with E-state index in [-0.39, 0.29) is 16.6 Å². The van der Waals surface area contributed by atoms with E-state index in [2.05, 4.69) is 10.3 Å². The van der Waals surface area contributed by atoms with Crippen molar-refractivity contribution in [2.24, 2.45) is 0 Å². The first-order chi connectivity index (χ1) is 12.0. The Labute approximate surface area is 149 Å². The van der Waals surface area contributed by atoms with Crippen LogP contribution in [0.1, 0.15) is 21.6 Å². The van der Waals surface area contributed by atoms with Crippen LogP contribution in [-0.2, 0) is 0 Å². The number of H-pyrrole nitrogens is 1. The highest BCUT2D eigenvalue weighted by Crippen LogP contribution is 2.28. The van der Waals surface area contributed by atoms with Gasteiger partial charge in [0.2, 0.25) is 0 Å². The zero-order valence-electron chi connectivity index (χ0n) is 14.0. The number of fused-ring (bicyclic) bond motifs is 1. The van der Waals surface area contributed by atoms with Gasteiger partial charge in [-0.1, -0.05) is 29.8 Å². The molecule has 0 saturated carbocycles. The molecule has 0 aliphatic rings. The minimum absolute atomic E-state index is 0.211. The molecule has 0 atom stereocenters. The number of halogens is 2. The van der Waals surface area contributed by atoms with Crippen LogP contribution < -0.4 is 10.1 Å². The Morgan fingerprint density at radius 3 is 2.68 bits per heavy atom. The first-order valence-electron chi connectivity index (χ1n) is 7.91. The van der Waals surface area contributed by atoms with Crippen molar-refractivity contribution in [1.29, 1.82) is 0 Å². The lowest BCUT2D eigenvalue weighted by Crippen LogP contribution is -2.28. The molecule has 0 radical (unpaired) electrons. The van der Waals surface area contributed by atoms with Crippen LogP contribution in [0.4, 0.5) is 4.39 Å². The number of hydrogen-bond donors (Lipinski definition) is 2. The van der Waals surface area contributed by atoms with Crippen LogP contribution in [0.2, 0.25) is 5.02 Å². The third kappa shape index (κ3) is 3.61. The van der Waals surface area contributed by atoms with E-state index in [1.807, 2.05) is 32.0 Å². The van der Waals surface area contributed by atoms with Gasteiger partial charge in [-0.3, -0.25) is 4.79 Å². The van der Waals surface area contributed by atoms with Gasteiger partial charge in [0.15, 0.2) is 0 Å². The summed E-state index contributed by atoms with van der Waals surface area (Å²) in [7, 11) is 0. The van der Waals surface area contributed by atoms with Gasteiger partial charge in [-0.25, -0.2) is 4.39 Å². The van der Waals surface area contributed by atoms with Crippen LogP contribution >= 0.6 is 11.6 Å². The lowest BCUT2D eigenvalue weighted by molar-refractivity contribution is 0.0943. The van der Waals surface area contributed by atoms with E-state index in [0.29, 0.717) is 24.1 Å². The molecule has 2 aromatic carbocycles. The Morgan fingerprint density at radius 2 is 1.96 bits per heavy atom. The van der Waals surface area contributed by atoms with E-state index < -0.39 is 5.82 Å². The van der Waals surface area contributed by atoms with Crippen molar-refractivity contribution in [3.05, 3.63) is 64.1 Å². The number of hydrogen-bond acceptors (Lipinski definition) is 2. The predicted octanol–water partition coefficient (Wildman–Crippen LogP) is 4.39. The van der Waals surface area contributed by atoms with E-state index in [1.54, 1.807) is 6.07 Å². The largest absolute Gasteiger partial charge is 0.491 e. The summed E-state index contributed by atoms with van der Waals surface area (Å²) in [6.07, 6.45) is 0. The van der Waals surface area contributed by atoms with E-state index in [9.17, 15) is 9.18 Å². The van der Waals surface area contributed by atoms with Gasteiger partial charge in [0.25, 0.3) is 5.91 Å². The molecule has 0 saturated heterocycles. The Hall–Kier alpha value is -2.53. The van der Waals surface area contributed by atoms with Crippen LogP contribution in [0.3, 0.4) is 0 Å². The van der Waals surface area contributed by atoms with Gasteiger partial charge >= 0.3 is 0 Å². The normalized spacial score (nSPS) is 10.9. The van der Waals surface area contributed by atoms with Crippen molar-refractivity contribution >= 4 is 28.4 Å². The van der Waals surface area contributed by atoms with E-state index in [0.717, 1.165) is 16.9 Å². The summed E-state index contributed by atoms with van der Waals surface area (Å²) in [4.78, 5) is 15.2. The fraction of sp³-hybridized carbons (Fsp3) is 0.211. The molecule has 0 fully saturated rings. The summed E-state index contributed by atoms with van der Waals surface area (Å²) in [6, 6.07) is 10.1. The molecule has 2 N–H and O–H groups in total. The average Bonchev–Trinajstić information content (AvgIpc) is 2.90. The van der Waals surface area contributed by atoms with E-state index in [1.165, 1.54) is 12.1 Å². The number of aromatic amines is 1. The second-order valence-corrected chi connectivity index (χ2v) is 6.21. The highest BCUT2D eigenvalue weighted by Gasteiger charge is 2.16. The fourth-order valence-electron chi connectivity index (χ4n) is 2.72. The van der Waals surface area contributed by atoms with E-state index >= 15 is 0 Å². The maximum atomic E-state index is 13.3. The van der Waals surface area contributed by atoms with Crippen molar-refractivity contribution in [1.82, 2.24) is 10.3 Å². The molecule has 0 unspecified atom stereocenters. The molecule has 3 rings (SSSR count). The lowest BCUT2D eigenvalue weighted by Gasteiger charge is -2.12. The minimum Gasteiger partial charge on any atom is -0.491 e. The topological polar surface area (TPSA) is 54.1 Å². The maximum Gasteiger partial charge on any atom is 0.269 e. The van der Waals surface area contributed by atoms with Gasteiger partial charge < -0.3 is 15.0 Å². The highest BCUT2D eigenvalue weighted by molar-refractivity contribution is 6.38. The molecule has 1 aromatic heterocycles. The van der Waals surface area contributed by atoms with Gasteiger partial charge in [0.05, 0.1) is 11.6 Å². The number of nitrogens with one attached hydrogen (secondary N) is 2. The quantitative estimate of drug-likeness (QED) is 0.663. The molecular formula is C19H18ClFN2O2. The van der Waals surface area contributed by atoms with Crippen LogP contribution in [0, 0.1) is 19.7 Å². The smallest absolute Gasteiger partial charge is 0.269 e. The van der Waals surface area contributed by atoms with Gasteiger partial charge in [0.1, 0.15) is 23.9 Å². The minimum atomic E-state index is -0.401. The first-order valence-corrected chi connectivity index (χ1v) is 8.29. The molecule has 0 aliphatic carbocycles. The molecule has 1 amide bonds. The summed E-state index contributed by atoms with van der Waals surface area (Å²) in [6.45, 7) is 4.62. The number of carbonyl (C=O) groups excluding carboxylic acids is 1. The molecule has 4 nitrogen and oxygen atoms in total. The molecule has 1 heterocycles. The molecule has 0 aliphatic heterocycles. The fourth-order valence-corrected chi connectivity index (χ4v) is 3.01. The molecule has 0 bridgehead atoms. The molecular weight excluding hydrogens is 343 g/mol. The third-order valence-corrected chi connectivity index (χ3v) is 4.36. The first kappa shape index (κ1) is 17.3. The Balaban J connectivity index is 1.62. The van der Waals surface area contributed by atoms with Crippen LogP contribution in [0.15, 0.2) is 36.4 Å². The van der Waals surface area contributed by atoms with Gasteiger partial charge in [-0.05, 0) is 43.2 Å². The van der Waals surface area contributed by atoms with Crippen molar-refractivity contribution in [3.63, 3.8) is 0 Å². The molecule has 0 spiro atoms. The summed E-state index contributed by atoms with van der Waals surface area (Å²) in [5.74, 6) is 0.0740. The Morgan fingerprint density at radius 1 is 1.24 bits per heavy atom. The van der Waals surface area contributed by atoms with Gasteiger partial charge in [-0.2, -0.15) is 0 Å². The monoisotopic (exact) mass is 360 g/mol. The molecule has 25 heavy (non-hydrogen) atoms. The van der Waals surface area contributed by atoms with Crippen molar-refractivity contribution < 1.29 is 13.9 Å². The number of aromatic nitrogens is 1. The average molecular weight is 361 g/mol. The van der Waals surface area contributed by atoms with Crippen molar-refractivity contribution in [2.45, 2.75) is 13.8 Å². The van der Waals surface area contributed by atoms with Gasteiger partial charge in [0, 0.05) is 10.9 Å². The summed E-state index contributed by atoms with van der Waals surface area (Å²) in [5.41, 5.74) is 2.93. The Kier molecular flexibility index (Phi) is 4.95. The third-order valence-electron chi connectivity index (χ3n) is 3.97. The van der Waals surface area contributed by atoms with Gasteiger partial charge in [-0.15, -0.1) is 0 Å². The zero-order chi connectivity index (χ0) is 18.0.